The summed E-state index contributed by atoms with van der Waals surface area (Å²) < 4.78 is 5.35. The molecule has 0 radical (unpaired) electrons. The second-order valence-corrected chi connectivity index (χ2v) is 10.8. The van der Waals surface area contributed by atoms with Crippen LogP contribution in [0.1, 0.15) is 22.9 Å². The van der Waals surface area contributed by atoms with Crippen LogP contribution in [0.2, 0.25) is 0 Å². The van der Waals surface area contributed by atoms with Gasteiger partial charge in [0.05, 0.1) is 39.6 Å². The maximum atomic E-state index is 11.1. The van der Waals surface area contributed by atoms with Crippen LogP contribution in [0, 0.1) is 10.1 Å². The summed E-state index contributed by atoms with van der Waals surface area (Å²) in [5.74, 6) is 1.56. The van der Waals surface area contributed by atoms with Gasteiger partial charge in [0.15, 0.2) is 0 Å². The van der Waals surface area contributed by atoms with Crippen LogP contribution in [-0.2, 0) is 12.8 Å². The van der Waals surface area contributed by atoms with E-state index in [4.69, 9.17) is 14.8 Å². The molecule has 3 heterocycles. The van der Waals surface area contributed by atoms with Crippen molar-refractivity contribution in [1.29, 1.82) is 0 Å². The zero-order valence-corrected chi connectivity index (χ0v) is 21.3. The van der Waals surface area contributed by atoms with E-state index in [2.05, 4.69) is 27.9 Å². The molecule has 0 saturated carbocycles. The highest BCUT2D eigenvalue weighted by atomic mass is 32.2. The van der Waals surface area contributed by atoms with Crippen LogP contribution in [-0.4, -0.2) is 32.9 Å². The second-order valence-electron chi connectivity index (χ2n) is 7.93. The van der Waals surface area contributed by atoms with E-state index < -0.39 is 0 Å². The molecule has 35 heavy (non-hydrogen) atoms. The highest BCUT2D eigenvalue weighted by molar-refractivity contribution is 8.14. The molecule has 2 aromatic carbocycles. The first-order chi connectivity index (χ1) is 17.1. The summed E-state index contributed by atoms with van der Waals surface area (Å²) in [5.41, 5.74) is 3.21. The van der Waals surface area contributed by atoms with Gasteiger partial charge in [-0.15, -0.1) is 22.7 Å². The minimum absolute atomic E-state index is 0.0725. The van der Waals surface area contributed by atoms with E-state index >= 15 is 0 Å². The normalized spacial score (nSPS) is 14.1. The van der Waals surface area contributed by atoms with Gasteiger partial charge in [0.2, 0.25) is 0 Å². The maximum Gasteiger partial charge on any atom is 0.269 e. The molecule has 178 valence electrons. The summed E-state index contributed by atoms with van der Waals surface area (Å²) in [4.78, 5) is 16.8. The second kappa shape index (κ2) is 10.6. The highest BCUT2D eigenvalue weighted by Crippen LogP contribution is 2.36. The number of thioether (sulfide) groups is 1. The Morgan fingerprint density at radius 2 is 1.97 bits per heavy atom. The van der Waals surface area contributed by atoms with Gasteiger partial charge in [-0.2, -0.15) is 5.10 Å². The summed E-state index contributed by atoms with van der Waals surface area (Å²) in [6, 6.07) is 18.8. The average Bonchev–Trinajstić information content (AvgIpc) is 3.65. The number of thiophene rings is 1. The Kier molecular flexibility index (Phi) is 7.12. The lowest BCUT2D eigenvalue weighted by atomic mass is 10.0. The van der Waals surface area contributed by atoms with E-state index in [0.717, 1.165) is 49.8 Å². The van der Waals surface area contributed by atoms with Crippen molar-refractivity contribution in [3.05, 3.63) is 98.4 Å². The molecule has 0 amide bonds. The SMILES string of the molecule is COc1cccc(CC2=NN([C@@H](Cc3ccc([N+](=O)[O-])cc3)c3csc(-c4cccs4)n3)CS2)c1. The number of hydrogen-bond acceptors (Lipinski definition) is 9. The van der Waals surface area contributed by atoms with E-state index in [-0.39, 0.29) is 16.7 Å². The van der Waals surface area contributed by atoms with Gasteiger partial charge in [0, 0.05) is 30.4 Å². The Bertz CT molecular complexity index is 1340. The molecule has 10 heteroatoms. The zero-order chi connectivity index (χ0) is 24.2. The van der Waals surface area contributed by atoms with Gasteiger partial charge in [-0.3, -0.25) is 15.1 Å². The molecule has 2 aromatic heterocycles. The van der Waals surface area contributed by atoms with Crippen LogP contribution in [0.15, 0.2) is 76.5 Å². The Balaban J connectivity index is 1.41. The molecule has 4 aromatic rings. The molecule has 0 bridgehead atoms. The summed E-state index contributed by atoms with van der Waals surface area (Å²) >= 11 is 5.03. The molecule has 5 rings (SSSR count). The van der Waals surface area contributed by atoms with Gasteiger partial charge in [-0.25, -0.2) is 4.98 Å². The lowest BCUT2D eigenvalue weighted by Gasteiger charge is -2.24. The Morgan fingerprint density at radius 3 is 2.71 bits per heavy atom. The van der Waals surface area contributed by atoms with Gasteiger partial charge in [-0.05, 0) is 34.7 Å². The van der Waals surface area contributed by atoms with Crippen molar-refractivity contribution in [3.8, 4) is 15.6 Å². The molecular formula is C25H22N4O3S3. The third-order valence-corrected chi connectivity index (χ3v) is 8.48. The first kappa shape index (κ1) is 23.5. The first-order valence-corrected chi connectivity index (χ1v) is 13.7. The Labute approximate surface area is 215 Å². The summed E-state index contributed by atoms with van der Waals surface area (Å²) in [7, 11) is 1.67. The molecule has 1 aliphatic rings. The van der Waals surface area contributed by atoms with E-state index in [0.29, 0.717) is 6.42 Å². The number of aromatic nitrogens is 1. The number of methoxy groups -OCH3 is 1. The number of nitro benzene ring substituents is 1. The molecule has 1 atom stereocenters. The fourth-order valence-corrected chi connectivity index (χ4v) is 6.47. The lowest BCUT2D eigenvalue weighted by molar-refractivity contribution is -0.384. The smallest absolute Gasteiger partial charge is 0.269 e. The molecule has 0 fully saturated rings. The molecule has 7 nitrogen and oxygen atoms in total. The van der Waals surface area contributed by atoms with Crippen LogP contribution in [0.4, 0.5) is 5.69 Å². The van der Waals surface area contributed by atoms with Gasteiger partial charge in [0.25, 0.3) is 5.69 Å². The fraction of sp³-hybridized carbons (Fsp3) is 0.200. The van der Waals surface area contributed by atoms with Crippen molar-refractivity contribution >= 4 is 45.2 Å². The van der Waals surface area contributed by atoms with Crippen molar-refractivity contribution in [2.24, 2.45) is 5.10 Å². The van der Waals surface area contributed by atoms with Crippen LogP contribution in [0.5, 0.6) is 5.75 Å². The van der Waals surface area contributed by atoms with Crippen molar-refractivity contribution in [2.75, 3.05) is 13.0 Å². The quantitative estimate of drug-likeness (QED) is 0.181. The Hall–Kier alpha value is -3.21. The number of benzene rings is 2. The van der Waals surface area contributed by atoms with Gasteiger partial charge < -0.3 is 4.74 Å². The average molecular weight is 523 g/mol. The molecule has 0 N–H and O–H groups in total. The fourth-order valence-electron chi connectivity index (χ4n) is 3.84. The summed E-state index contributed by atoms with van der Waals surface area (Å²) in [6.45, 7) is 0. The number of rotatable bonds is 9. The van der Waals surface area contributed by atoms with Crippen LogP contribution < -0.4 is 4.74 Å². The molecule has 0 unspecified atom stereocenters. The minimum atomic E-state index is -0.374. The maximum absolute atomic E-state index is 11.1. The molecule has 0 aliphatic carbocycles. The van der Waals surface area contributed by atoms with E-state index in [1.807, 2.05) is 36.4 Å². The zero-order valence-electron chi connectivity index (χ0n) is 18.9. The number of ether oxygens (including phenoxy) is 1. The van der Waals surface area contributed by atoms with Crippen molar-refractivity contribution in [1.82, 2.24) is 9.99 Å². The lowest BCUT2D eigenvalue weighted by Crippen LogP contribution is -2.23. The van der Waals surface area contributed by atoms with Gasteiger partial charge >= 0.3 is 0 Å². The summed E-state index contributed by atoms with van der Waals surface area (Å²) in [5, 5.41) is 24.3. The van der Waals surface area contributed by atoms with Crippen molar-refractivity contribution < 1.29 is 9.66 Å². The minimum Gasteiger partial charge on any atom is -0.497 e. The molecular weight excluding hydrogens is 501 g/mol. The predicted molar refractivity (Wildman–Crippen MR) is 143 cm³/mol. The van der Waals surface area contributed by atoms with Crippen molar-refractivity contribution in [2.45, 2.75) is 18.9 Å². The third kappa shape index (κ3) is 5.55. The number of nitrogens with zero attached hydrogens (tertiary/aromatic N) is 4. The molecule has 1 aliphatic heterocycles. The Morgan fingerprint density at radius 1 is 1.11 bits per heavy atom. The summed E-state index contributed by atoms with van der Waals surface area (Å²) in [6.07, 6.45) is 1.39. The third-order valence-electron chi connectivity index (χ3n) is 5.62. The van der Waals surface area contributed by atoms with Crippen molar-refractivity contribution in [3.63, 3.8) is 0 Å². The number of nitro groups is 1. The van der Waals surface area contributed by atoms with Gasteiger partial charge in [0.1, 0.15) is 10.8 Å². The van der Waals surface area contributed by atoms with E-state index in [1.54, 1.807) is 53.7 Å². The number of hydrogen-bond donors (Lipinski definition) is 0. The van der Waals surface area contributed by atoms with Crippen LogP contribution in [0.3, 0.4) is 0 Å². The van der Waals surface area contributed by atoms with Crippen LogP contribution in [0.25, 0.3) is 9.88 Å². The monoisotopic (exact) mass is 522 g/mol. The van der Waals surface area contributed by atoms with Gasteiger partial charge in [-0.1, -0.05) is 42.1 Å². The standard InChI is InChI=1S/C25H22N4O3S3/c1-32-20-5-2-4-18(12-20)14-24-27-28(16-35-24)22(13-17-7-9-19(10-8-17)29(30)31)21-15-34-25(26-21)23-6-3-11-33-23/h2-12,15,22H,13-14,16H2,1H3/t22-/m0/s1. The highest BCUT2D eigenvalue weighted by Gasteiger charge is 2.28. The largest absolute Gasteiger partial charge is 0.497 e. The number of thiazole rings is 1. The molecule has 0 spiro atoms. The first-order valence-electron chi connectivity index (χ1n) is 10.9. The predicted octanol–water partition coefficient (Wildman–Crippen LogP) is 6.63. The topological polar surface area (TPSA) is 80.9 Å². The number of hydrazone groups is 1. The van der Waals surface area contributed by atoms with Crippen LogP contribution >= 0.6 is 34.4 Å². The van der Waals surface area contributed by atoms with E-state index in [1.165, 1.54) is 0 Å². The van der Waals surface area contributed by atoms with E-state index in [9.17, 15) is 10.1 Å². The number of non-ortho nitro benzene ring substituents is 1. The molecule has 0 saturated heterocycles.